The highest BCUT2D eigenvalue weighted by Gasteiger charge is 2.39. The van der Waals surface area contributed by atoms with Gasteiger partial charge >= 0.3 is 5.97 Å². The zero-order valence-electron chi connectivity index (χ0n) is 6.36. The Bertz CT molecular complexity index is 157. The van der Waals surface area contributed by atoms with Gasteiger partial charge in [-0.25, -0.2) is 4.79 Å². The Morgan fingerprint density at radius 3 is 2.64 bits per heavy atom. The summed E-state index contributed by atoms with van der Waals surface area (Å²) in [5.41, 5.74) is 0. The van der Waals surface area contributed by atoms with Gasteiger partial charge in [-0.2, -0.15) is 0 Å². The first-order valence-corrected chi connectivity index (χ1v) is 3.69. The highest BCUT2D eigenvalue weighted by molar-refractivity contribution is 5.73. The molecule has 0 aromatic rings. The van der Waals surface area contributed by atoms with Gasteiger partial charge in [0.2, 0.25) is 0 Å². The van der Waals surface area contributed by atoms with Crippen LogP contribution >= 0.6 is 0 Å². The molecule has 0 bridgehead atoms. The Morgan fingerprint density at radius 2 is 2.36 bits per heavy atom. The third-order valence-electron chi connectivity index (χ3n) is 2.05. The van der Waals surface area contributed by atoms with Gasteiger partial charge in [-0.05, 0) is 6.42 Å². The van der Waals surface area contributed by atoms with E-state index in [0.717, 1.165) is 6.42 Å². The van der Waals surface area contributed by atoms with Gasteiger partial charge in [0, 0.05) is 5.92 Å². The van der Waals surface area contributed by atoms with Gasteiger partial charge in [-0.15, -0.1) is 0 Å². The smallest absolute Gasteiger partial charge is 0.335 e. The summed E-state index contributed by atoms with van der Waals surface area (Å²) in [5, 5.41) is 17.8. The summed E-state index contributed by atoms with van der Waals surface area (Å²) in [6.07, 6.45) is -1.09. The van der Waals surface area contributed by atoms with E-state index in [1.807, 2.05) is 6.92 Å². The molecule has 1 aliphatic heterocycles. The SMILES string of the molecule is CC[C@H]1CO[C@H](C(=O)O)[C@@H]1O. The molecule has 0 radical (unpaired) electrons. The molecule has 0 amide bonds. The van der Waals surface area contributed by atoms with E-state index in [1.54, 1.807) is 0 Å². The zero-order valence-corrected chi connectivity index (χ0v) is 6.36. The molecule has 64 valence electrons. The van der Waals surface area contributed by atoms with Crippen molar-refractivity contribution in [1.82, 2.24) is 0 Å². The van der Waals surface area contributed by atoms with Crippen LogP contribution in [-0.2, 0) is 9.53 Å². The van der Waals surface area contributed by atoms with Gasteiger partial charge in [-0.1, -0.05) is 6.92 Å². The van der Waals surface area contributed by atoms with E-state index in [2.05, 4.69) is 0 Å². The molecular weight excluding hydrogens is 148 g/mol. The van der Waals surface area contributed by atoms with Crippen LogP contribution in [0.2, 0.25) is 0 Å². The van der Waals surface area contributed by atoms with Crippen molar-refractivity contribution < 1.29 is 19.7 Å². The van der Waals surface area contributed by atoms with E-state index in [9.17, 15) is 9.90 Å². The number of carboxylic acids is 1. The lowest BCUT2D eigenvalue weighted by Gasteiger charge is -2.11. The first-order chi connectivity index (χ1) is 5.16. The van der Waals surface area contributed by atoms with Crippen LogP contribution in [0.25, 0.3) is 0 Å². The van der Waals surface area contributed by atoms with Gasteiger partial charge in [0.15, 0.2) is 6.10 Å². The van der Waals surface area contributed by atoms with Gasteiger partial charge < -0.3 is 14.9 Å². The molecule has 0 unspecified atom stereocenters. The van der Waals surface area contributed by atoms with Crippen molar-refractivity contribution in [1.29, 1.82) is 0 Å². The highest BCUT2D eigenvalue weighted by atomic mass is 16.5. The fraction of sp³-hybridized carbons (Fsp3) is 0.857. The molecule has 0 aromatic carbocycles. The minimum atomic E-state index is -1.08. The molecule has 0 aromatic heterocycles. The fourth-order valence-electron chi connectivity index (χ4n) is 1.25. The maximum atomic E-state index is 10.4. The Labute approximate surface area is 64.8 Å². The molecule has 1 saturated heterocycles. The maximum Gasteiger partial charge on any atom is 0.335 e. The second-order valence-electron chi connectivity index (χ2n) is 2.75. The minimum absolute atomic E-state index is 0.0175. The molecule has 1 aliphatic rings. The zero-order chi connectivity index (χ0) is 8.43. The van der Waals surface area contributed by atoms with Crippen molar-refractivity contribution in [3.63, 3.8) is 0 Å². The molecule has 3 atom stereocenters. The summed E-state index contributed by atoms with van der Waals surface area (Å²) in [6.45, 7) is 2.26. The Kier molecular flexibility index (Phi) is 2.46. The predicted octanol–water partition coefficient (Wildman–Crippen LogP) is -0.143. The van der Waals surface area contributed by atoms with E-state index in [-0.39, 0.29) is 5.92 Å². The van der Waals surface area contributed by atoms with Crippen LogP contribution in [0.3, 0.4) is 0 Å². The summed E-state index contributed by atoms with van der Waals surface area (Å²) < 4.78 is 4.88. The lowest BCUT2D eigenvalue weighted by Crippen LogP contribution is -2.32. The normalized spacial score (nSPS) is 37.5. The molecule has 0 spiro atoms. The molecule has 2 N–H and O–H groups in total. The molecule has 1 fully saturated rings. The van der Waals surface area contributed by atoms with Crippen LogP contribution in [0, 0.1) is 5.92 Å². The lowest BCUT2D eigenvalue weighted by molar-refractivity contribution is -0.151. The number of aliphatic hydroxyl groups excluding tert-OH is 1. The number of carboxylic acid groups (broad SMARTS) is 1. The third-order valence-corrected chi connectivity index (χ3v) is 2.05. The summed E-state index contributed by atoms with van der Waals surface area (Å²) in [4.78, 5) is 10.4. The summed E-state index contributed by atoms with van der Waals surface area (Å²) in [5.74, 6) is -1.09. The largest absolute Gasteiger partial charge is 0.479 e. The molecule has 1 heterocycles. The van der Waals surface area contributed by atoms with Crippen molar-refractivity contribution in [2.75, 3.05) is 6.61 Å². The molecule has 4 heteroatoms. The first kappa shape index (κ1) is 8.49. The fourth-order valence-corrected chi connectivity index (χ4v) is 1.25. The summed E-state index contributed by atoms with van der Waals surface area (Å²) >= 11 is 0. The van der Waals surface area contributed by atoms with E-state index >= 15 is 0 Å². The monoisotopic (exact) mass is 160 g/mol. The number of aliphatic hydroxyl groups is 1. The molecule has 1 rings (SSSR count). The van der Waals surface area contributed by atoms with Crippen LogP contribution < -0.4 is 0 Å². The second kappa shape index (κ2) is 3.19. The van der Waals surface area contributed by atoms with Crippen LogP contribution in [-0.4, -0.2) is 35.0 Å². The molecule has 0 aliphatic carbocycles. The quantitative estimate of drug-likeness (QED) is 0.590. The number of aliphatic carboxylic acids is 1. The van der Waals surface area contributed by atoms with E-state index < -0.39 is 18.2 Å². The average Bonchev–Trinajstić information content (AvgIpc) is 2.30. The van der Waals surface area contributed by atoms with Crippen LogP contribution in [0.5, 0.6) is 0 Å². The Morgan fingerprint density at radius 1 is 1.73 bits per heavy atom. The second-order valence-corrected chi connectivity index (χ2v) is 2.75. The van der Waals surface area contributed by atoms with Gasteiger partial charge in [-0.3, -0.25) is 0 Å². The topological polar surface area (TPSA) is 66.8 Å². The number of rotatable bonds is 2. The van der Waals surface area contributed by atoms with Gasteiger partial charge in [0.1, 0.15) is 0 Å². The number of carbonyl (C=O) groups is 1. The maximum absolute atomic E-state index is 10.4. The van der Waals surface area contributed by atoms with Crippen molar-refractivity contribution in [3.8, 4) is 0 Å². The third kappa shape index (κ3) is 1.52. The van der Waals surface area contributed by atoms with Gasteiger partial charge in [0.25, 0.3) is 0 Å². The Balaban J connectivity index is 2.55. The van der Waals surface area contributed by atoms with Crippen molar-refractivity contribution >= 4 is 5.97 Å². The van der Waals surface area contributed by atoms with E-state index in [0.29, 0.717) is 6.61 Å². The average molecular weight is 160 g/mol. The number of hydrogen-bond acceptors (Lipinski definition) is 3. The minimum Gasteiger partial charge on any atom is -0.479 e. The van der Waals surface area contributed by atoms with Gasteiger partial charge in [0.05, 0.1) is 12.7 Å². The van der Waals surface area contributed by atoms with Crippen LogP contribution in [0.4, 0.5) is 0 Å². The summed E-state index contributed by atoms with van der Waals surface area (Å²) in [7, 11) is 0. The van der Waals surface area contributed by atoms with E-state index in [1.165, 1.54) is 0 Å². The van der Waals surface area contributed by atoms with Crippen molar-refractivity contribution in [2.24, 2.45) is 5.92 Å². The predicted molar refractivity (Wildman–Crippen MR) is 37.2 cm³/mol. The Hall–Kier alpha value is -0.610. The van der Waals surface area contributed by atoms with E-state index in [4.69, 9.17) is 9.84 Å². The standard InChI is InChI=1S/C7H12O4/c1-2-4-3-11-6(5(4)8)7(9)10/h4-6,8H,2-3H2,1H3,(H,9,10)/t4-,5+,6-/m0/s1. The lowest BCUT2D eigenvalue weighted by atomic mass is 10.00. The first-order valence-electron chi connectivity index (χ1n) is 3.69. The molecule has 4 nitrogen and oxygen atoms in total. The molecular formula is C7H12O4. The van der Waals surface area contributed by atoms with Crippen LogP contribution in [0.15, 0.2) is 0 Å². The summed E-state index contributed by atoms with van der Waals surface area (Å²) in [6, 6.07) is 0. The molecule has 0 saturated carbocycles. The van der Waals surface area contributed by atoms with Crippen molar-refractivity contribution in [2.45, 2.75) is 25.6 Å². The van der Waals surface area contributed by atoms with Crippen molar-refractivity contribution in [3.05, 3.63) is 0 Å². The molecule has 11 heavy (non-hydrogen) atoms. The highest BCUT2D eigenvalue weighted by Crippen LogP contribution is 2.22. The number of hydrogen-bond donors (Lipinski definition) is 2. The van der Waals surface area contributed by atoms with Crippen LogP contribution in [0.1, 0.15) is 13.3 Å². The number of ether oxygens (including phenoxy) is 1.